The second-order valence-electron chi connectivity index (χ2n) is 7.71. The van der Waals surface area contributed by atoms with Crippen LogP contribution in [0.5, 0.6) is 5.75 Å². The summed E-state index contributed by atoms with van der Waals surface area (Å²) in [6.07, 6.45) is 0. The Bertz CT molecular complexity index is 1620. The summed E-state index contributed by atoms with van der Waals surface area (Å²) in [6, 6.07) is 20.7. The molecule has 0 amide bonds. The second-order valence-corrected chi connectivity index (χ2v) is 11.0. The summed E-state index contributed by atoms with van der Waals surface area (Å²) >= 11 is 0. The Morgan fingerprint density at radius 3 is 2.11 bits per heavy atom. The largest absolute Gasteiger partial charge is 0.378 e. The van der Waals surface area contributed by atoms with Gasteiger partial charge in [0.1, 0.15) is 4.90 Å². The standard InChI is InChI=1S/C24H20N2O7S2/c1-17-8-14-20(15-9-17)35(31,32)33-23-6-2-5-22-21(23)4-3-7-24(22)34(29,30)25-16-18-10-12-19(13-11-18)26(27)28/h2-15,25H,16H2,1H3. The number of nitro benzene ring substituents is 1. The van der Waals surface area contributed by atoms with E-state index in [4.69, 9.17) is 4.18 Å². The van der Waals surface area contributed by atoms with E-state index in [9.17, 15) is 26.9 Å². The third-order valence-corrected chi connectivity index (χ3v) is 7.96. The zero-order valence-corrected chi connectivity index (χ0v) is 20.0. The SMILES string of the molecule is Cc1ccc(S(=O)(=O)Oc2cccc3c(S(=O)(=O)NCc4ccc([N+](=O)[O-])cc4)cccc23)cc1. The van der Waals surface area contributed by atoms with Crippen molar-refractivity contribution in [2.24, 2.45) is 0 Å². The summed E-state index contributed by atoms with van der Waals surface area (Å²) in [7, 11) is -8.16. The molecule has 180 valence electrons. The molecule has 0 aliphatic heterocycles. The van der Waals surface area contributed by atoms with Crippen molar-refractivity contribution in [3.8, 4) is 5.75 Å². The average Bonchev–Trinajstić information content (AvgIpc) is 2.83. The molecule has 4 aromatic rings. The van der Waals surface area contributed by atoms with Crippen LogP contribution in [-0.4, -0.2) is 21.8 Å². The van der Waals surface area contributed by atoms with Gasteiger partial charge >= 0.3 is 10.1 Å². The topological polar surface area (TPSA) is 133 Å². The molecule has 0 aliphatic carbocycles. The number of fused-ring (bicyclic) bond motifs is 1. The van der Waals surface area contributed by atoms with E-state index in [0.717, 1.165) is 5.56 Å². The lowest BCUT2D eigenvalue weighted by Crippen LogP contribution is -2.23. The molecule has 1 N–H and O–H groups in total. The van der Waals surface area contributed by atoms with Gasteiger partial charge in [-0.1, -0.05) is 54.1 Å². The molecule has 0 unspecified atom stereocenters. The molecule has 9 nitrogen and oxygen atoms in total. The van der Waals surface area contributed by atoms with E-state index in [2.05, 4.69) is 4.72 Å². The van der Waals surface area contributed by atoms with Crippen LogP contribution in [0.3, 0.4) is 0 Å². The number of nitro groups is 1. The lowest BCUT2D eigenvalue weighted by molar-refractivity contribution is -0.384. The summed E-state index contributed by atoms with van der Waals surface area (Å²) in [6.45, 7) is 1.74. The number of rotatable bonds is 8. The van der Waals surface area contributed by atoms with Gasteiger partial charge in [-0.2, -0.15) is 8.42 Å². The fraction of sp³-hybridized carbons (Fsp3) is 0.0833. The van der Waals surface area contributed by atoms with Gasteiger partial charge in [0.2, 0.25) is 10.0 Å². The highest BCUT2D eigenvalue weighted by molar-refractivity contribution is 7.89. The fourth-order valence-corrected chi connectivity index (χ4v) is 5.61. The quantitative estimate of drug-likeness (QED) is 0.211. The zero-order valence-electron chi connectivity index (χ0n) is 18.4. The number of nitrogens with one attached hydrogen (secondary N) is 1. The molecule has 0 fully saturated rings. The highest BCUT2D eigenvalue weighted by Gasteiger charge is 2.21. The lowest BCUT2D eigenvalue weighted by atomic mass is 10.1. The highest BCUT2D eigenvalue weighted by atomic mass is 32.2. The van der Waals surface area contributed by atoms with Gasteiger partial charge in [0, 0.05) is 29.4 Å². The molecule has 0 bridgehead atoms. The van der Waals surface area contributed by atoms with Gasteiger partial charge in [-0.05, 0) is 36.8 Å². The Hall–Kier alpha value is -3.80. The van der Waals surface area contributed by atoms with Gasteiger partial charge in [0.05, 0.1) is 9.82 Å². The molecule has 0 radical (unpaired) electrons. The average molecular weight is 513 g/mol. The number of hydrogen-bond acceptors (Lipinski definition) is 7. The summed E-state index contributed by atoms with van der Waals surface area (Å²) < 4.78 is 59.5. The molecule has 0 saturated carbocycles. The predicted octanol–water partition coefficient (Wildman–Crippen LogP) is 4.30. The van der Waals surface area contributed by atoms with E-state index in [-0.39, 0.29) is 33.2 Å². The number of sulfonamides is 1. The first-order valence-corrected chi connectivity index (χ1v) is 13.2. The van der Waals surface area contributed by atoms with E-state index in [1.54, 1.807) is 24.3 Å². The van der Waals surface area contributed by atoms with Crippen LogP contribution in [0.15, 0.2) is 94.7 Å². The van der Waals surface area contributed by atoms with E-state index < -0.39 is 25.1 Å². The summed E-state index contributed by atoms with van der Waals surface area (Å²) in [5.41, 5.74) is 1.33. The van der Waals surface area contributed by atoms with E-state index in [0.29, 0.717) is 10.9 Å². The van der Waals surface area contributed by atoms with E-state index in [1.807, 2.05) is 6.92 Å². The number of nitrogens with zero attached hydrogens (tertiary/aromatic N) is 1. The summed E-state index contributed by atoms with van der Waals surface area (Å²) in [5, 5.41) is 11.4. The maximum atomic E-state index is 13.1. The molecular weight excluding hydrogens is 492 g/mol. The van der Waals surface area contributed by atoms with Gasteiger partial charge in [-0.15, -0.1) is 0 Å². The van der Waals surface area contributed by atoms with Crippen molar-refractivity contribution in [2.75, 3.05) is 0 Å². The molecule has 11 heteroatoms. The van der Waals surface area contributed by atoms with Crippen molar-refractivity contribution in [3.05, 3.63) is 106 Å². The molecule has 4 aromatic carbocycles. The van der Waals surface area contributed by atoms with Gasteiger partial charge in [0.25, 0.3) is 5.69 Å². The van der Waals surface area contributed by atoms with E-state index >= 15 is 0 Å². The van der Waals surface area contributed by atoms with Crippen LogP contribution < -0.4 is 8.91 Å². The molecule has 0 aromatic heterocycles. The molecule has 0 atom stereocenters. The third-order valence-electron chi connectivity index (χ3n) is 5.25. The third kappa shape index (κ3) is 5.32. The first-order valence-electron chi connectivity index (χ1n) is 10.3. The van der Waals surface area contributed by atoms with Crippen LogP contribution >= 0.6 is 0 Å². The Morgan fingerprint density at radius 1 is 0.829 bits per heavy atom. The molecule has 0 aliphatic rings. The number of non-ortho nitro benzene ring substituents is 1. The minimum absolute atomic E-state index is 0.00417. The van der Waals surface area contributed by atoms with Crippen LogP contribution in [0.2, 0.25) is 0 Å². The minimum atomic E-state index is -4.14. The van der Waals surface area contributed by atoms with Crippen molar-refractivity contribution in [2.45, 2.75) is 23.3 Å². The van der Waals surface area contributed by atoms with Crippen LogP contribution in [0.4, 0.5) is 5.69 Å². The van der Waals surface area contributed by atoms with Crippen molar-refractivity contribution in [3.63, 3.8) is 0 Å². The predicted molar refractivity (Wildman–Crippen MR) is 130 cm³/mol. The van der Waals surface area contributed by atoms with Crippen molar-refractivity contribution >= 4 is 36.6 Å². The minimum Gasteiger partial charge on any atom is -0.378 e. The highest BCUT2D eigenvalue weighted by Crippen LogP contribution is 2.32. The van der Waals surface area contributed by atoms with Gasteiger partial charge in [-0.25, -0.2) is 13.1 Å². The van der Waals surface area contributed by atoms with Crippen LogP contribution in [0.25, 0.3) is 10.8 Å². The first kappa shape index (κ1) is 24.3. The van der Waals surface area contributed by atoms with E-state index in [1.165, 1.54) is 60.7 Å². The number of aryl methyl sites for hydroxylation is 1. The Labute approximate surface area is 202 Å². The molecule has 4 rings (SSSR count). The maximum Gasteiger partial charge on any atom is 0.339 e. The van der Waals surface area contributed by atoms with Crippen molar-refractivity contribution in [1.82, 2.24) is 4.72 Å². The van der Waals surface area contributed by atoms with Crippen LogP contribution in [-0.2, 0) is 26.7 Å². The molecular formula is C24H20N2O7S2. The smallest absolute Gasteiger partial charge is 0.339 e. The maximum absolute atomic E-state index is 13.1. The first-order chi connectivity index (χ1) is 16.6. The van der Waals surface area contributed by atoms with Crippen molar-refractivity contribution < 1.29 is 25.9 Å². The summed E-state index contributed by atoms with van der Waals surface area (Å²) in [5.74, 6) is -0.00417. The van der Waals surface area contributed by atoms with Gasteiger partial charge in [-0.3, -0.25) is 10.1 Å². The number of benzene rings is 4. The van der Waals surface area contributed by atoms with Gasteiger partial charge < -0.3 is 4.18 Å². The van der Waals surface area contributed by atoms with Crippen molar-refractivity contribution in [1.29, 1.82) is 0 Å². The zero-order chi connectivity index (χ0) is 25.2. The Kier molecular flexibility index (Phi) is 6.57. The Morgan fingerprint density at radius 2 is 1.46 bits per heavy atom. The Balaban J connectivity index is 1.63. The molecule has 0 heterocycles. The molecule has 35 heavy (non-hydrogen) atoms. The lowest BCUT2D eigenvalue weighted by Gasteiger charge is -2.13. The fourth-order valence-electron chi connectivity index (χ4n) is 3.42. The van der Waals surface area contributed by atoms with Crippen LogP contribution in [0, 0.1) is 17.0 Å². The second kappa shape index (κ2) is 9.45. The van der Waals surface area contributed by atoms with Crippen LogP contribution in [0.1, 0.15) is 11.1 Å². The summed E-state index contributed by atoms with van der Waals surface area (Å²) in [4.78, 5) is 10.2. The monoisotopic (exact) mass is 512 g/mol. The molecule has 0 spiro atoms. The molecule has 0 saturated heterocycles. The number of hydrogen-bond donors (Lipinski definition) is 1. The van der Waals surface area contributed by atoms with Gasteiger partial charge in [0.15, 0.2) is 5.75 Å². The normalized spacial score (nSPS) is 11.9.